The van der Waals surface area contributed by atoms with E-state index in [0.717, 1.165) is 32.3 Å². The molecule has 1 aliphatic rings. The number of allylic oxidation sites excluding steroid dienone is 2. The van der Waals surface area contributed by atoms with E-state index >= 15 is 0 Å². The summed E-state index contributed by atoms with van der Waals surface area (Å²) < 4.78 is 40.3. The monoisotopic (exact) mass is 371 g/mol. The molecule has 1 aliphatic carbocycles. The lowest BCUT2D eigenvalue weighted by Crippen LogP contribution is -2.56. The van der Waals surface area contributed by atoms with E-state index in [4.69, 9.17) is 11.5 Å². The van der Waals surface area contributed by atoms with Crippen LogP contribution in [0.25, 0.3) is 10.2 Å². The lowest BCUT2D eigenvalue weighted by Gasteiger charge is -2.34. The van der Waals surface area contributed by atoms with Gasteiger partial charge in [0.1, 0.15) is 0 Å². The summed E-state index contributed by atoms with van der Waals surface area (Å²) in [5.74, 6) is 0. The second kappa shape index (κ2) is 6.18. The van der Waals surface area contributed by atoms with E-state index in [1.807, 2.05) is 24.5 Å². The van der Waals surface area contributed by atoms with E-state index in [-0.39, 0.29) is 0 Å². The molecule has 0 aliphatic heterocycles. The zero-order chi connectivity index (χ0) is 17.5. The SMILES string of the molecule is CSc1nc2ccc(CC3(N)C=CC(C(F)(F)F)=CC3N)cc2s1. The van der Waals surface area contributed by atoms with Gasteiger partial charge in [-0.1, -0.05) is 36.1 Å². The molecule has 4 N–H and O–H groups in total. The van der Waals surface area contributed by atoms with Crippen molar-refractivity contribution in [1.82, 2.24) is 4.98 Å². The molecule has 8 heteroatoms. The quantitative estimate of drug-likeness (QED) is 0.809. The highest BCUT2D eigenvalue weighted by atomic mass is 32.2. The highest BCUT2D eigenvalue weighted by Crippen LogP contribution is 2.33. The van der Waals surface area contributed by atoms with Crippen LogP contribution in [0.15, 0.2) is 46.3 Å². The van der Waals surface area contributed by atoms with Crippen molar-refractivity contribution in [2.24, 2.45) is 11.5 Å². The first kappa shape index (κ1) is 17.5. The number of rotatable bonds is 3. The summed E-state index contributed by atoms with van der Waals surface area (Å²) >= 11 is 3.15. The summed E-state index contributed by atoms with van der Waals surface area (Å²) in [6.45, 7) is 0. The minimum absolute atomic E-state index is 0.356. The Morgan fingerprint density at radius 2 is 2.12 bits per heavy atom. The molecular weight excluding hydrogens is 355 g/mol. The summed E-state index contributed by atoms with van der Waals surface area (Å²) in [5.41, 5.74) is 12.2. The molecule has 2 atom stereocenters. The van der Waals surface area contributed by atoms with Crippen molar-refractivity contribution >= 4 is 33.3 Å². The number of hydrogen-bond donors (Lipinski definition) is 2. The van der Waals surface area contributed by atoms with Gasteiger partial charge in [0.2, 0.25) is 0 Å². The van der Waals surface area contributed by atoms with Crippen LogP contribution in [0.4, 0.5) is 13.2 Å². The topological polar surface area (TPSA) is 64.9 Å². The van der Waals surface area contributed by atoms with Crippen molar-refractivity contribution in [3.63, 3.8) is 0 Å². The molecule has 1 aromatic heterocycles. The van der Waals surface area contributed by atoms with Crippen LogP contribution in [-0.4, -0.2) is 29.0 Å². The van der Waals surface area contributed by atoms with Gasteiger partial charge in [0.15, 0.2) is 4.34 Å². The van der Waals surface area contributed by atoms with Gasteiger partial charge in [0.05, 0.1) is 21.3 Å². The average Bonchev–Trinajstić information content (AvgIpc) is 2.91. The fraction of sp³-hybridized carbons (Fsp3) is 0.312. The van der Waals surface area contributed by atoms with Gasteiger partial charge in [-0.15, -0.1) is 11.3 Å². The molecule has 0 spiro atoms. The van der Waals surface area contributed by atoms with Crippen LogP contribution in [-0.2, 0) is 6.42 Å². The number of nitrogens with zero attached hydrogens (tertiary/aromatic N) is 1. The summed E-state index contributed by atoms with van der Waals surface area (Å²) in [6, 6.07) is 4.87. The normalized spacial score (nSPS) is 24.4. The molecular formula is C16H16F3N3S2. The van der Waals surface area contributed by atoms with Gasteiger partial charge >= 0.3 is 6.18 Å². The van der Waals surface area contributed by atoms with E-state index in [2.05, 4.69) is 4.98 Å². The Labute approximate surface area is 145 Å². The lowest BCUT2D eigenvalue weighted by molar-refractivity contribution is -0.0889. The second-order valence-corrected chi connectivity index (χ2v) is 7.84. The molecule has 1 aromatic carbocycles. The molecule has 0 fully saturated rings. The van der Waals surface area contributed by atoms with E-state index in [1.54, 1.807) is 23.1 Å². The van der Waals surface area contributed by atoms with Gasteiger partial charge < -0.3 is 11.5 Å². The van der Waals surface area contributed by atoms with Crippen LogP contribution < -0.4 is 11.5 Å². The maximum atomic E-state index is 12.8. The maximum absolute atomic E-state index is 12.8. The molecule has 0 radical (unpaired) electrons. The Morgan fingerprint density at radius 1 is 1.38 bits per heavy atom. The molecule has 0 saturated carbocycles. The first-order valence-corrected chi connectivity index (χ1v) is 9.21. The number of alkyl halides is 3. The zero-order valence-corrected chi connectivity index (χ0v) is 14.4. The molecule has 1 heterocycles. The van der Waals surface area contributed by atoms with E-state index in [1.165, 1.54) is 6.08 Å². The number of fused-ring (bicyclic) bond motifs is 1. The molecule has 128 valence electrons. The number of halogens is 3. The summed E-state index contributed by atoms with van der Waals surface area (Å²) in [4.78, 5) is 4.47. The fourth-order valence-corrected chi connectivity index (χ4v) is 4.18. The molecule has 3 rings (SSSR count). The Bertz CT molecular complexity index is 826. The Hall–Kier alpha value is -1.35. The average molecular weight is 371 g/mol. The fourth-order valence-electron chi connectivity index (χ4n) is 2.62. The van der Waals surface area contributed by atoms with E-state index in [9.17, 15) is 13.2 Å². The Kier molecular flexibility index (Phi) is 4.50. The van der Waals surface area contributed by atoms with E-state index < -0.39 is 23.3 Å². The van der Waals surface area contributed by atoms with Crippen molar-refractivity contribution in [3.8, 4) is 0 Å². The summed E-state index contributed by atoms with van der Waals surface area (Å²) in [5, 5.41) is 0. The number of benzene rings is 1. The third-order valence-corrected chi connectivity index (χ3v) is 6.00. The Morgan fingerprint density at radius 3 is 2.75 bits per heavy atom. The summed E-state index contributed by atoms with van der Waals surface area (Å²) in [7, 11) is 0. The molecule has 2 unspecified atom stereocenters. The van der Waals surface area contributed by atoms with Gasteiger partial charge in [-0.3, -0.25) is 0 Å². The van der Waals surface area contributed by atoms with Crippen LogP contribution in [0.2, 0.25) is 0 Å². The van der Waals surface area contributed by atoms with Gasteiger partial charge in [-0.2, -0.15) is 13.2 Å². The standard InChI is InChI=1S/C16H16F3N3S2/c1-23-14-22-11-3-2-9(6-12(11)24-14)8-15(21)5-4-10(7-13(15)20)16(17,18)19/h2-7,13H,8,20-21H2,1H3. The third kappa shape index (κ3) is 3.37. The van der Waals surface area contributed by atoms with Crippen molar-refractivity contribution in [2.45, 2.75) is 28.5 Å². The first-order chi connectivity index (χ1) is 11.2. The number of nitrogens with two attached hydrogens (primary N) is 2. The maximum Gasteiger partial charge on any atom is 0.416 e. The molecule has 0 saturated heterocycles. The third-order valence-electron chi connectivity index (χ3n) is 4.00. The number of thiazole rings is 1. The molecule has 24 heavy (non-hydrogen) atoms. The molecule has 0 bridgehead atoms. The van der Waals surface area contributed by atoms with Crippen molar-refractivity contribution < 1.29 is 13.2 Å². The lowest BCUT2D eigenvalue weighted by atomic mass is 9.80. The second-order valence-electron chi connectivity index (χ2n) is 5.75. The summed E-state index contributed by atoms with van der Waals surface area (Å²) in [6.07, 6.45) is 1.28. The van der Waals surface area contributed by atoms with Crippen molar-refractivity contribution in [1.29, 1.82) is 0 Å². The smallest absolute Gasteiger partial charge is 0.323 e. The minimum atomic E-state index is -4.41. The Balaban J connectivity index is 1.85. The van der Waals surface area contributed by atoms with Gasteiger partial charge in [-0.25, -0.2) is 4.98 Å². The van der Waals surface area contributed by atoms with Gasteiger partial charge in [0, 0.05) is 6.04 Å². The number of hydrogen-bond acceptors (Lipinski definition) is 5. The van der Waals surface area contributed by atoms with Crippen LogP contribution in [0.1, 0.15) is 5.56 Å². The van der Waals surface area contributed by atoms with Crippen LogP contribution in [0.5, 0.6) is 0 Å². The predicted octanol–water partition coefficient (Wildman–Crippen LogP) is 3.64. The molecule has 2 aromatic rings. The highest BCUT2D eigenvalue weighted by molar-refractivity contribution is 8.00. The van der Waals surface area contributed by atoms with Crippen molar-refractivity contribution in [3.05, 3.63) is 47.6 Å². The van der Waals surface area contributed by atoms with Crippen LogP contribution in [0.3, 0.4) is 0 Å². The molecule has 3 nitrogen and oxygen atoms in total. The minimum Gasteiger partial charge on any atom is -0.323 e. The predicted molar refractivity (Wildman–Crippen MR) is 93.3 cm³/mol. The first-order valence-electron chi connectivity index (χ1n) is 7.17. The van der Waals surface area contributed by atoms with E-state index in [0.29, 0.717) is 6.42 Å². The van der Waals surface area contributed by atoms with Gasteiger partial charge in [-0.05, 0) is 30.4 Å². The zero-order valence-electron chi connectivity index (χ0n) is 12.8. The number of thioether (sulfide) groups is 1. The van der Waals surface area contributed by atoms with Crippen LogP contribution in [0, 0.1) is 0 Å². The van der Waals surface area contributed by atoms with Gasteiger partial charge in [0.25, 0.3) is 0 Å². The number of aromatic nitrogens is 1. The highest BCUT2D eigenvalue weighted by Gasteiger charge is 2.39. The van der Waals surface area contributed by atoms with Crippen molar-refractivity contribution in [2.75, 3.05) is 6.26 Å². The largest absolute Gasteiger partial charge is 0.416 e. The van der Waals surface area contributed by atoms with Crippen LogP contribution >= 0.6 is 23.1 Å². The molecule has 0 amide bonds.